The highest BCUT2D eigenvalue weighted by Crippen LogP contribution is 2.33. The maximum Gasteiger partial charge on any atom is 0.134 e. The number of ether oxygens (including phenoxy) is 1. The molecule has 0 spiro atoms. The van der Waals surface area contributed by atoms with Crippen molar-refractivity contribution in [1.82, 2.24) is 0 Å². The second kappa shape index (κ2) is 6.49. The predicted octanol–water partition coefficient (Wildman–Crippen LogP) is 4.31. The van der Waals surface area contributed by atoms with Crippen molar-refractivity contribution in [2.45, 2.75) is 13.0 Å². The van der Waals surface area contributed by atoms with E-state index in [-0.39, 0.29) is 0 Å². The summed E-state index contributed by atoms with van der Waals surface area (Å²) < 4.78 is 46.8. The van der Waals surface area contributed by atoms with E-state index in [1.807, 2.05) is 0 Å². The quantitative estimate of drug-likeness (QED) is 0.882. The second-order valence-electron chi connectivity index (χ2n) is 4.38. The van der Waals surface area contributed by atoms with E-state index >= 15 is 0 Å². The van der Waals surface area contributed by atoms with Crippen LogP contribution in [-0.2, 0) is 0 Å². The topological polar surface area (TPSA) is 35.2 Å². The summed E-state index contributed by atoms with van der Waals surface area (Å²) in [5.74, 6) is -2.61. The van der Waals surface area contributed by atoms with Gasteiger partial charge in [0.1, 0.15) is 23.2 Å². The Balaban J connectivity index is 2.54. The van der Waals surface area contributed by atoms with Crippen LogP contribution in [0.25, 0.3) is 0 Å². The van der Waals surface area contributed by atoms with Gasteiger partial charge in [0.25, 0.3) is 0 Å². The van der Waals surface area contributed by atoms with E-state index in [2.05, 4.69) is 15.9 Å². The van der Waals surface area contributed by atoms with Gasteiger partial charge in [-0.2, -0.15) is 0 Å². The molecule has 0 saturated carbocycles. The lowest BCUT2D eigenvalue weighted by Gasteiger charge is -2.18. The van der Waals surface area contributed by atoms with E-state index in [4.69, 9.17) is 10.5 Å². The maximum atomic E-state index is 13.9. The predicted molar refractivity (Wildman–Crippen MR) is 77.7 cm³/mol. The molecule has 1 atom stereocenters. The molecule has 0 aliphatic rings. The van der Waals surface area contributed by atoms with Crippen LogP contribution in [0.5, 0.6) is 5.75 Å². The molecule has 1 unspecified atom stereocenters. The smallest absolute Gasteiger partial charge is 0.134 e. The van der Waals surface area contributed by atoms with Gasteiger partial charge in [-0.25, -0.2) is 13.2 Å². The third-order valence-corrected chi connectivity index (χ3v) is 3.45. The van der Waals surface area contributed by atoms with Crippen molar-refractivity contribution >= 4 is 15.9 Å². The van der Waals surface area contributed by atoms with E-state index in [0.29, 0.717) is 34.5 Å². The van der Waals surface area contributed by atoms with Gasteiger partial charge < -0.3 is 10.5 Å². The summed E-state index contributed by atoms with van der Waals surface area (Å²) in [5, 5.41) is 0. The SMILES string of the molecule is CCOc1ccc(Br)cc1C(N)c1c(F)cc(F)cc1F. The number of hydrogen-bond donors (Lipinski definition) is 1. The first kappa shape index (κ1) is 15.9. The van der Waals surface area contributed by atoms with Crippen molar-refractivity contribution in [3.05, 3.63) is 63.4 Å². The van der Waals surface area contributed by atoms with Gasteiger partial charge in [0.15, 0.2) is 0 Å². The molecule has 0 heterocycles. The fourth-order valence-corrected chi connectivity index (χ4v) is 2.43. The first-order valence-electron chi connectivity index (χ1n) is 6.26. The highest BCUT2D eigenvalue weighted by Gasteiger charge is 2.22. The number of benzene rings is 2. The van der Waals surface area contributed by atoms with E-state index < -0.39 is 29.1 Å². The van der Waals surface area contributed by atoms with Gasteiger partial charge >= 0.3 is 0 Å². The summed E-state index contributed by atoms with van der Waals surface area (Å²) in [4.78, 5) is 0. The number of halogens is 4. The molecule has 0 saturated heterocycles. The van der Waals surface area contributed by atoms with Crippen molar-refractivity contribution in [1.29, 1.82) is 0 Å². The van der Waals surface area contributed by atoms with Crippen LogP contribution in [0.15, 0.2) is 34.8 Å². The molecule has 2 aromatic carbocycles. The molecule has 0 aliphatic carbocycles. The molecule has 0 radical (unpaired) electrons. The van der Waals surface area contributed by atoms with E-state index in [9.17, 15) is 13.2 Å². The summed E-state index contributed by atoms with van der Waals surface area (Å²) in [6.07, 6.45) is 0. The van der Waals surface area contributed by atoms with Crippen molar-refractivity contribution in [2.24, 2.45) is 5.73 Å². The Morgan fingerprint density at radius 3 is 2.33 bits per heavy atom. The molecule has 2 rings (SSSR count). The molecule has 2 N–H and O–H groups in total. The Kier molecular flexibility index (Phi) is 4.90. The van der Waals surface area contributed by atoms with E-state index in [1.54, 1.807) is 25.1 Å². The van der Waals surface area contributed by atoms with Gasteiger partial charge in [-0.05, 0) is 25.1 Å². The van der Waals surface area contributed by atoms with Gasteiger partial charge in [-0.1, -0.05) is 15.9 Å². The molecule has 6 heteroatoms. The second-order valence-corrected chi connectivity index (χ2v) is 5.29. The lowest BCUT2D eigenvalue weighted by atomic mass is 9.97. The normalized spacial score (nSPS) is 12.3. The van der Waals surface area contributed by atoms with Gasteiger partial charge in [0.2, 0.25) is 0 Å². The molecule has 0 aromatic heterocycles. The molecule has 0 amide bonds. The summed E-state index contributed by atoms with van der Waals surface area (Å²) in [6.45, 7) is 2.17. The lowest BCUT2D eigenvalue weighted by molar-refractivity contribution is 0.335. The molecule has 0 aliphatic heterocycles. The summed E-state index contributed by atoms with van der Waals surface area (Å²) in [7, 11) is 0. The van der Waals surface area contributed by atoms with Crippen molar-refractivity contribution < 1.29 is 17.9 Å². The van der Waals surface area contributed by atoms with Crippen molar-refractivity contribution in [3.63, 3.8) is 0 Å². The Hall–Kier alpha value is -1.53. The third kappa shape index (κ3) is 3.39. The number of nitrogens with two attached hydrogens (primary N) is 1. The standard InChI is InChI=1S/C15H13BrF3NO/c1-2-21-13-4-3-8(16)5-10(13)15(20)14-11(18)6-9(17)7-12(14)19/h3-7,15H,2,20H2,1H3. The van der Waals surface area contributed by atoms with E-state index in [1.165, 1.54) is 0 Å². The van der Waals surface area contributed by atoms with Crippen LogP contribution in [0.3, 0.4) is 0 Å². The van der Waals surface area contributed by atoms with Crippen LogP contribution in [-0.4, -0.2) is 6.61 Å². The van der Waals surface area contributed by atoms with Crippen LogP contribution in [0.1, 0.15) is 24.1 Å². The van der Waals surface area contributed by atoms with Crippen LogP contribution in [0.4, 0.5) is 13.2 Å². The third-order valence-electron chi connectivity index (χ3n) is 2.96. The minimum atomic E-state index is -1.11. The Labute approximate surface area is 128 Å². The minimum Gasteiger partial charge on any atom is -0.494 e. The molecule has 21 heavy (non-hydrogen) atoms. The molecular formula is C15H13BrF3NO. The van der Waals surface area contributed by atoms with E-state index in [0.717, 1.165) is 0 Å². The average Bonchev–Trinajstić information content (AvgIpc) is 2.39. The average molecular weight is 360 g/mol. The fraction of sp³-hybridized carbons (Fsp3) is 0.200. The lowest BCUT2D eigenvalue weighted by Crippen LogP contribution is -2.17. The molecular weight excluding hydrogens is 347 g/mol. The van der Waals surface area contributed by atoms with Crippen LogP contribution >= 0.6 is 15.9 Å². The highest BCUT2D eigenvalue weighted by atomic mass is 79.9. The molecule has 0 bridgehead atoms. The van der Waals surface area contributed by atoms with Crippen molar-refractivity contribution in [3.8, 4) is 5.75 Å². The summed E-state index contributed by atoms with van der Waals surface area (Å²) in [5.41, 5.74) is 5.98. The van der Waals surface area contributed by atoms with Crippen LogP contribution in [0.2, 0.25) is 0 Å². The number of rotatable bonds is 4. The zero-order chi connectivity index (χ0) is 15.6. The van der Waals surface area contributed by atoms with Gasteiger partial charge in [-0.3, -0.25) is 0 Å². The maximum absolute atomic E-state index is 13.9. The molecule has 112 valence electrons. The number of hydrogen-bond acceptors (Lipinski definition) is 2. The zero-order valence-electron chi connectivity index (χ0n) is 11.2. The molecule has 2 nitrogen and oxygen atoms in total. The monoisotopic (exact) mass is 359 g/mol. The Bertz CT molecular complexity index is 640. The highest BCUT2D eigenvalue weighted by molar-refractivity contribution is 9.10. The molecule has 2 aromatic rings. The largest absolute Gasteiger partial charge is 0.494 e. The van der Waals surface area contributed by atoms with Crippen LogP contribution in [0, 0.1) is 17.5 Å². The van der Waals surface area contributed by atoms with Gasteiger partial charge in [0.05, 0.1) is 12.6 Å². The van der Waals surface area contributed by atoms with Crippen LogP contribution < -0.4 is 10.5 Å². The summed E-state index contributed by atoms with van der Waals surface area (Å²) >= 11 is 3.28. The first-order valence-corrected chi connectivity index (χ1v) is 7.05. The zero-order valence-corrected chi connectivity index (χ0v) is 12.8. The Morgan fingerprint density at radius 2 is 1.76 bits per heavy atom. The fourth-order valence-electron chi connectivity index (χ4n) is 2.06. The van der Waals surface area contributed by atoms with Gasteiger partial charge in [-0.15, -0.1) is 0 Å². The minimum absolute atomic E-state index is 0.385. The molecule has 0 fully saturated rings. The summed E-state index contributed by atoms with van der Waals surface area (Å²) in [6, 6.07) is 5.12. The van der Waals surface area contributed by atoms with Gasteiger partial charge in [0, 0.05) is 27.7 Å². The first-order chi connectivity index (χ1) is 9.93. The van der Waals surface area contributed by atoms with Crippen molar-refractivity contribution in [2.75, 3.05) is 6.61 Å². The Morgan fingerprint density at radius 1 is 1.14 bits per heavy atom.